The van der Waals surface area contributed by atoms with Gasteiger partial charge in [-0.15, -0.1) is 0 Å². The second-order valence-corrected chi connectivity index (χ2v) is 18.1. The Balaban J connectivity index is 1.14. The first-order chi connectivity index (χ1) is 31.6. The summed E-state index contributed by atoms with van der Waals surface area (Å²) in [5.41, 5.74) is 18.4. The topological polar surface area (TPSA) is 0 Å². The largest absolute Gasteiger partial charge is 0.0952 e. The number of allylic oxidation sites excluding steroid dienone is 13. The molecule has 0 nitrogen and oxygen atoms in total. The van der Waals surface area contributed by atoms with Crippen molar-refractivity contribution in [2.75, 3.05) is 0 Å². The second-order valence-electron chi connectivity index (χ2n) is 18.1. The molecular weight excluding hydrogens is 769 g/mol. The molecule has 0 aliphatic heterocycles. The molecule has 306 valence electrons. The van der Waals surface area contributed by atoms with Gasteiger partial charge in [0.1, 0.15) is 0 Å². The van der Waals surface area contributed by atoms with Crippen LogP contribution < -0.4 is 0 Å². The third kappa shape index (κ3) is 6.27. The highest BCUT2D eigenvalue weighted by atomic mass is 14.4. The van der Waals surface area contributed by atoms with Crippen molar-refractivity contribution >= 4 is 60.3 Å². The average Bonchev–Trinajstić information content (AvgIpc) is 3.35. The Bertz CT molecular complexity index is 3480. The van der Waals surface area contributed by atoms with Crippen LogP contribution in [0.25, 0.3) is 60.3 Å². The van der Waals surface area contributed by atoms with Crippen molar-refractivity contribution in [1.82, 2.24) is 0 Å². The summed E-state index contributed by atoms with van der Waals surface area (Å²) in [6, 6.07) is 52.8. The fourth-order valence-electron chi connectivity index (χ4n) is 11.6. The Kier molecular flexibility index (Phi) is 9.49. The van der Waals surface area contributed by atoms with Gasteiger partial charge >= 0.3 is 0 Å². The van der Waals surface area contributed by atoms with Crippen LogP contribution in [0.5, 0.6) is 0 Å². The molecule has 8 aromatic carbocycles. The van der Waals surface area contributed by atoms with Crippen LogP contribution in [0.15, 0.2) is 218 Å². The number of aryl methyl sites for hydroxylation is 1. The van der Waals surface area contributed by atoms with E-state index in [0.29, 0.717) is 0 Å². The maximum atomic E-state index is 4.82. The van der Waals surface area contributed by atoms with Gasteiger partial charge in [-0.1, -0.05) is 201 Å². The molecule has 0 saturated carbocycles. The summed E-state index contributed by atoms with van der Waals surface area (Å²) in [5.74, 6) is 0.190. The van der Waals surface area contributed by atoms with Crippen molar-refractivity contribution in [2.45, 2.75) is 44.4 Å². The van der Waals surface area contributed by atoms with Crippen LogP contribution in [0.4, 0.5) is 0 Å². The van der Waals surface area contributed by atoms with Gasteiger partial charge in [0, 0.05) is 11.8 Å². The first-order valence-electron chi connectivity index (χ1n) is 23.2. The molecule has 0 fully saturated rings. The maximum Gasteiger partial charge on any atom is 0.0202 e. The molecular formula is C64H50. The summed E-state index contributed by atoms with van der Waals surface area (Å²) >= 11 is 0. The molecule has 64 heavy (non-hydrogen) atoms. The molecule has 0 amide bonds. The Hall–Kier alpha value is -7.28. The Morgan fingerprint density at radius 3 is 2.02 bits per heavy atom. The van der Waals surface area contributed by atoms with Crippen LogP contribution in [0, 0.1) is 5.92 Å². The average molecular weight is 819 g/mol. The van der Waals surface area contributed by atoms with E-state index in [1.165, 1.54) is 115 Å². The van der Waals surface area contributed by atoms with Gasteiger partial charge < -0.3 is 0 Å². The minimum Gasteiger partial charge on any atom is -0.0952 e. The van der Waals surface area contributed by atoms with Crippen LogP contribution in [0.1, 0.15) is 75.3 Å². The highest BCUT2D eigenvalue weighted by Gasteiger charge is 2.36. The SMILES string of the molecule is C=C1CCC=C/C1=C(\C1=CC2C(=C)/C=C\C=C/Cc3ccccc3C2c2ccccc21)c1ccc2c(c1Cc1cc3c4ccccc4c4ccccc4c3c3ccccc13)C=CCC2. The number of benzene rings is 8. The Morgan fingerprint density at radius 1 is 0.547 bits per heavy atom. The van der Waals surface area contributed by atoms with Crippen LogP contribution >= 0.6 is 0 Å². The normalized spacial score (nSPS) is 19.8. The molecule has 0 radical (unpaired) electrons. The molecule has 12 rings (SSSR count). The van der Waals surface area contributed by atoms with E-state index in [4.69, 9.17) is 13.2 Å². The van der Waals surface area contributed by atoms with Gasteiger partial charge in [-0.2, -0.15) is 0 Å². The van der Waals surface area contributed by atoms with Crippen LogP contribution in [-0.2, 0) is 19.3 Å². The Morgan fingerprint density at radius 2 is 1.20 bits per heavy atom. The standard InChI is InChI=1S/C64H50/c1-41-21-6-9-25-46(41)62(61-40-58-42(2)20-4-3-5-22-43-23-8-11-28-49(43)63(58)56-35-19-16-32-53(56)61)57-37-36-44-24-7-10-26-47(44)59(57)38-45-39-60-52-31-14-13-29-50(52)51-30-15-18-34-55(51)64(60)54-33-17-12-27-48(45)54/h3-5,8-20,23,25-37,39-40,58,63H,1-2,6-7,21-22,24,38H2/b5-3-,20-4-,62-46+. The van der Waals surface area contributed by atoms with Crippen molar-refractivity contribution in [2.24, 2.45) is 5.92 Å². The van der Waals surface area contributed by atoms with Crippen LogP contribution in [0.3, 0.4) is 0 Å². The fourth-order valence-corrected chi connectivity index (χ4v) is 11.6. The molecule has 2 atom stereocenters. The molecule has 0 saturated heterocycles. The minimum absolute atomic E-state index is 0.0544. The van der Waals surface area contributed by atoms with Crippen LogP contribution in [0.2, 0.25) is 0 Å². The molecule has 0 heterocycles. The molecule has 0 heteroatoms. The quantitative estimate of drug-likeness (QED) is 0.155. The van der Waals surface area contributed by atoms with Crippen LogP contribution in [-0.4, -0.2) is 0 Å². The number of rotatable bonds is 4. The molecule has 0 aromatic heterocycles. The lowest BCUT2D eigenvalue weighted by Crippen LogP contribution is -2.22. The number of fused-ring (bicyclic) bond motifs is 14. The van der Waals surface area contributed by atoms with E-state index < -0.39 is 0 Å². The van der Waals surface area contributed by atoms with Crippen molar-refractivity contribution in [1.29, 1.82) is 0 Å². The first kappa shape index (κ1) is 38.4. The predicted molar refractivity (Wildman–Crippen MR) is 275 cm³/mol. The van der Waals surface area contributed by atoms with E-state index >= 15 is 0 Å². The van der Waals surface area contributed by atoms with Crippen molar-refractivity contribution in [3.63, 3.8) is 0 Å². The second kappa shape index (κ2) is 15.8. The molecule has 2 unspecified atom stereocenters. The summed E-state index contributed by atoms with van der Waals surface area (Å²) < 4.78 is 0. The fraction of sp³-hybridized carbons (Fsp3) is 0.125. The summed E-state index contributed by atoms with van der Waals surface area (Å²) in [4.78, 5) is 0. The van der Waals surface area contributed by atoms with E-state index in [1.807, 2.05) is 0 Å². The van der Waals surface area contributed by atoms with Gasteiger partial charge in [0.05, 0.1) is 0 Å². The van der Waals surface area contributed by atoms with Gasteiger partial charge in [-0.05, 0) is 166 Å². The molecule has 4 aliphatic rings. The van der Waals surface area contributed by atoms with E-state index in [9.17, 15) is 0 Å². The van der Waals surface area contributed by atoms with Gasteiger partial charge in [-0.3, -0.25) is 0 Å². The zero-order valence-corrected chi connectivity index (χ0v) is 36.3. The Labute approximate surface area is 377 Å². The lowest BCUT2D eigenvalue weighted by Gasteiger charge is -2.37. The molecule has 0 spiro atoms. The van der Waals surface area contributed by atoms with Gasteiger partial charge in [-0.25, -0.2) is 0 Å². The van der Waals surface area contributed by atoms with E-state index in [0.717, 1.165) is 44.1 Å². The van der Waals surface area contributed by atoms with Gasteiger partial charge in [0.25, 0.3) is 0 Å². The monoisotopic (exact) mass is 818 g/mol. The minimum atomic E-state index is 0.0544. The number of hydrogen-bond donors (Lipinski definition) is 0. The maximum absolute atomic E-state index is 4.82. The lowest BCUT2D eigenvalue weighted by molar-refractivity contribution is 0.650. The zero-order valence-electron chi connectivity index (χ0n) is 36.3. The summed E-state index contributed by atoms with van der Waals surface area (Å²) in [6.07, 6.45) is 26.8. The third-order valence-electron chi connectivity index (χ3n) is 14.6. The van der Waals surface area contributed by atoms with Crippen molar-refractivity contribution in [3.8, 4) is 0 Å². The predicted octanol–water partition coefficient (Wildman–Crippen LogP) is 16.6. The molecule has 8 aromatic rings. The van der Waals surface area contributed by atoms with Gasteiger partial charge in [0.15, 0.2) is 0 Å². The van der Waals surface area contributed by atoms with Crippen molar-refractivity contribution in [3.05, 3.63) is 268 Å². The highest BCUT2D eigenvalue weighted by Crippen LogP contribution is 2.52. The molecule has 4 aliphatic carbocycles. The molecule has 0 bridgehead atoms. The lowest BCUT2D eigenvalue weighted by atomic mass is 9.66. The van der Waals surface area contributed by atoms with E-state index in [-0.39, 0.29) is 11.8 Å². The van der Waals surface area contributed by atoms with Crippen molar-refractivity contribution < 1.29 is 0 Å². The zero-order chi connectivity index (χ0) is 42.7. The summed E-state index contributed by atoms with van der Waals surface area (Å²) in [7, 11) is 0. The third-order valence-corrected chi connectivity index (χ3v) is 14.6. The number of hydrogen-bond acceptors (Lipinski definition) is 0. The van der Waals surface area contributed by atoms with E-state index in [1.54, 1.807) is 0 Å². The smallest absolute Gasteiger partial charge is 0.0202 e. The highest BCUT2D eigenvalue weighted by molar-refractivity contribution is 6.31. The summed E-state index contributed by atoms with van der Waals surface area (Å²) in [6.45, 7) is 9.63. The molecule has 0 N–H and O–H groups in total. The van der Waals surface area contributed by atoms with Gasteiger partial charge in [0.2, 0.25) is 0 Å². The first-order valence-corrected chi connectivity index (χ1v) is 23.2. The van der Waals surface area contributed by atoms with E-state index in [2.05, 4.69) is 194 Å². The summed E-state index contributed by atoms with van der Waals surface area (Å²) in [5, 5.41) is 10.5.